The van der Waals surface area contributed by atoms with Crippen molar-refractivity contribution in [3.05, 3.63) is 125 Å². The number of aryl methyl sites for hydroxylation is 4. The van der Waals surface area contributed by atoms with Crippen molar-refractivity contribution >= 4 is 35.2 Å². The summed E-state index contributed by atoms with van der Waals surface area (Å²) < 4.78 is 0. The summed E-state index contributed by atoms with van der Waals surface area (Å²) in [6.07, 6.45) is 0. The number of hydrogen-bond donors (Lipinski definition) is 0. The molecule has 1 aromatic heterocycles. The van der Waals surface area contributed by atoms with Gasteiger partial charge in [-0.15, -0.1) is 11.3 Å². The lowest BCUT2D eigenvalue weighted by Gasteiger charge is -2.20. The van der Waals surface area contributed by atoms with E-state index in [9.17, 15) is 0 Å². The van der Waals surface area contributed by atoms with E-state index in [1.54, 1.807) is 0 Å². The topological polar surface area (TPSA) is 0 Å². The highest BCUT2D eigenvalue weighted by molar-refractivity contribution is 7.80. The van der Waals surface area contributed by atoms with Gasteiger partial charge in [-0.1, -0.05) is 119 Å². The molecule has 0 saturated heterocycles. The summed E-state index contributed by atoms with van der Waals surface area (Å²) in [5.41, 5.74) is 7.77. The minimum absolute atomic E-state index is 0.688. The van der Waals surface area contributed by atoms with E-state index in [1.807, 2.05) is 11.3 Å². The molecule has 0 saturated carbocycles. The zero-order chi connectivity index (χ0) is 23.7. The number of thiophene rings is 1. The highest BCUT2D eigenvalue weighted by atomic mass is 32.1. The van der Waals surface area contributed by atoms with E-state index >= 15 is 0 Å². The third-order valence-corrected chi connectivity index (χ3v) is 10.0. The van der Waals surface area contributed by atoms with Crippen molar-refractivity contribution in [2.45, 2.75) is 27.7 Å². The second-order valence-electron chi connectivity index (χ2n) is 9.06. The van der Waals surface area contributed by atoms with Crippen LogP contribution in [0.2, 0.25) is 0 Å². The molecule has 0 unspecified atom stereocenters. The Balaban J connectivity index is 1.74. The number of benzene rings is 4. The molecule has 0 atom stereocenters. The van der Waals surface area contributed by atoms with Crippen LogP contribution in [0.25, 0.3) is 20.9 Å². The maximum atomic E-state index is 2.45. The molecule has 0 spiro atoms. The maximum Gasteiger partial charge on any atom is 0.0432 e. The lowest BCUT2D eigenvalue weighted by molar-refractivity contribution is 1.48. The van der Waals surface area contributed by atoms with Gasteiger partial charge in [0.25, 0.3) is 0 Å². The fourth-order valence-corrected chi connectivity index (χ4v) is 8.04. The molecule has 34 heavy (non-hydrogen) atoms. The maximum absolute atomic E-state index is 2.45. The summed E-state index contributed by atoms with van der Waals surface area (Å²) in [4.78, 5) is 2.71. The van der Waals surface area contributed by atoms with Gasteiger partial charge in [-0.05, 0) is 63.4 Å². The average molecular weight is 477 g/mol. The van der Waals surface area contributed by atoms with Crippen molar-refractivity contribution < 1.29 is 0 Å². The summed E-state index contributed by atoms with van der Waals surface area (Å²) in [5, 5.41) is 4.23. The van der Waals surface area contributed by atoms with E-state index in [0.29, 0.717) is 0 Å². The number of hydrogen-bond acceptors (Lipinski definition) is 1. The van der Waals surface area contributed by atoms with Crippen LogP contribution in [0.1, 0.15) is 22.3 Å². The summed E-state index contributed by atoms with van der Waals surface area (Å²) in [7, 11) is -0.688. The van der Waals surface area contributed by atoms with E-state index in [1.165, 1.54) is 59.0 Å². The smallest absolute Gasteiger partial charge is 0.0432 e. The molecule has 0 nitrogen and oxygen atoms in total. The van der Waals surface area contributed by atoms with Crippen LogP contribution in [0, 0.1) is 27.7 Å². The molecule has 168 valence electrons. The van der Waals surface area contributed by atoms with Gasteiger partial charge < -0.3 is 0 Å². The highest BCUT2D eigenvalue weighted by Gasteiger charge is 2.23. The summed E-state index contributed by atoms with van der Waals surface area (Å²) in [6, 6.07) is 38.7. The normalized spacial score (nSPS) is 11.2. The second-order valence-corrected chi connectivity index (χ2v) is 12.3. The Morgan fingerprint density at radius 2 is 0.853 bits per heavy atom. The summed E-state index contributed by atoms with van der Waals surface area (Å²) in [6.45, 7) is 8.63. The molecule has 0 aliphatic heterocycles. The van der Waals surface area contributed by atoms with Crippen molar-refractivity contribution in [3.8, 4) is 20.9 Å². The Bertz CT molecular complexity index is 1350. The largest absolute Gasteiger partial charge is 0.135 e. The predicted octanol–water partition coefficient (Wildman–Crippen LogP) is 8.07. The van der Waals surface area contributed by atoms with Gasteiger partial charge in [0.2, 0.25) is 0 Å². The summed E-state index contributed by atoms with van der Waals surface area (Å²) >= 11 is 1.92. The van der Waals surface area contributed by atoms with Crippen LogP contribution < -0.4 is 15.9 Å². The molecule has 2 heteroatoms. The van der Waals surface area contributed by atoms with E-state index < -0.39 is 7.92 Å². The van der Waals surface area contributed by atoms with E-state index in [4.69, 9.17) is 0 Å². The third-order valence-electron chi connectivity index (χ3n) is 6.19. The Kier molecular flexibility index (Phi) is 6.50. The Morgan fingerprint density at radius 3 is 1.29 bits per heavy atom. The molecule has 5 aromatic rings. The minimum Gasteiger partial charge on any atom is -0.135 e. The van der Waals surface area contributed by atoms with Gasteiger partial charge in [0.05, 0.1) is 0 Å². The van der Waals surface area contributed by atoms with Gasteiger partial charge in [0, 0.05) is 15.1 Å². The van der Waals surface area contributed by atoms with Crippen molar-refractivity contribution in [2.24, 2.45) is 0 Å². The number of rotatable bonds is 5. The molecule has 5 rings (SSSR count). The standard InChI is InChI=1S/C32H29PS/c1-22-5-13-26(14-6-22)31-21-30(32(34-31)27-15-7-23(2)8-16-27)33(28-17-9-24(3)10-18-28)29-19-11-25(4)12-20-29/h5-21H,1-4H3. The van der Waals surface area contributed by atoms with Crippen LogP contribution in [-0.2, 0) is 0 Å². The van der Waals surface area contributed by atoms with Gasteiger partial charge in [0.15, 0.2) is 0 Å². The molecule has 0 aliphatic carbocycles. The van der Waals surface area contributed by atoms with Gasteiger partial charge in [-0.2, -0.15) is 0 Å². The lowest BCUT2D eigenvalue weighted by Crippen LogP contribution is -2.21. The Morgan fingerprint density at radius 1 is 0.471 bits per heavy atom. The fraction of sp³-hybridized carbons (Fsp3) is 0.125. The Labute approximate surface area is 208 Å². The molecule has 0 bridgehead atoms. The quantitative estimate of drug-likeness (QED) is 0.225. The van der Waals surface area contributed by atoms with Crippen LogP contribution in [0.3, 0.4) is 0 Å². The van der Waals surface area contributed by atoms with Gasteiger partial charge in [-0.25, -0.2) is 0 Å². The molecule has 0 amide bonds. The first-order valence-corrected chi connectivity index (χ1v) is 13.9. The second kappa shape index (κ2) is 9.71. The highest BCUT2D eigenvalue weighted by Crippen LogP contribution is 2.43. The van der Waals surface area contributed by atoms with Crippen LogP contribution in [0.5, 0.6) is 0 Å². The van der Waals surface area contributed by atoms with E-state index in [2.05, 4.69) is 131 Å². The molecule has 0 N–H and O–H groups in total. The molecule has 0 radical (unpaired) electrons. The molecule has 4 aromatic carbocycles. The van der Waals surface area contributed by atoms with Crippen LogP contribution >= 0.6 is 19.3 Å². The van der Waals surface area contributed by atoms with Gasteiger partial charge in [-0.3, -0.25) is 0 Å². The van der Waals surface area contributed by atoms with E-state index in [-0.39, 0.29) is 0 Å². The van der Waals surface area contributed by atoms with Gasteiger partial charge in [0.1, 0.15) is 0 Å². The third kappa shape index (κ3) is 4.78. The van der Waals surface area contributed by atoms with Crippen molar-refractivity contribution in [3.63, 3.8) is 0 Å². The molecule has 0 aliphatic rings. The van der Waals surface area contributed by atoms with Crippen molar-refractivity contribution in [2.75, 3.05) is 0 Å². The lowest BCUT2D eigenvalue weighted by atomic mass is 10.1. The van der Waals surface area contributed by atoms with Crippen LogP contribution in [0.15, 0.2) is 103 Å². The fourth-order valence-electron chi connectivity index (χ4n) is 4.13. The first-order chi connectivity index (χ1) is 16.5. The zero-order valence-electron chi connectivity index (χ0n) is 20.2. The molecular weight excluding hydrogens is 447 g/mol. The van der Waals surface area contributed by atoms with E-state index in [0.717, 1.165) is 0 Å². The predicted molar refractivity (Wildman–Crippen MR) is 153 cm³/mol. The monoisotopic (exact) mass is 476 g/mol. The molecule has 1 heterocycles. The first-order valence-electron chi connectivity index (χ1n) is 11.7. The van der Waals surface area contributed by atoms with Crippen molar-refractivity contribution in [1.29, 1.82) is 0 Å². The Hall–Kier alpha value is -2.99. The minimum atomic E-state index is -0.688. The molecule has 0 fully saturated rings. The first kappa shape index (κ1) is 22.8. The summed E-state index contributed by atoms with van der Waals surface area (Å²) in [5.74, 6) is 0. The van der Waals surface area contributed by atoms with Crippen LogP contribution in [0.4, 0.5) is 0 Å². The van der Waals surface area contributed by atoms with Crippen LogP contribution in [-0.4, -0.2) is 0 Å². The average Bonchev–Trinajstić information content (AvgIpc) is 3.27. The van der Waals surface area contributed by atoms with Crippen molar-refractivity contribution in [1.82, 2.24) is 0 Å². The van der Waals surface area contributed by atoms with Gasteiger partial charge >= 0.3 is 0 Å². The zero-order valence-corrected chi connectivity index (χ0v) is 21.9. The SMILES string of the molecule is Cc1ccc(-c2cc(P(c3ccc(C)cc3)c3ccc(C)cc3)c(-c3ccc(C)cc3)s2)cc1. The molecular formula is C32H29PS.